The Balaban J connectivity index is 0.000000472. The van der Waals surface area contributed by atoms with Gasteiger partial charge in [0.2, 0.25) is 0 Å². The van der Waals surface area contributed by atoms with Crippen LogP contribution in [0.25, 0.3) is 0 Å². The lowest BCUT2D eigenvalue weighted by Crippen LogP contribution is -2.64. The van der Waals surface area contributed by atoms with Crippen LogP contribution in [-0.4, -0.2) is 6.29 Å². The molecule has 0 N–H and O–H groups in total. The van der Waals surface area contributed by atoms with Crippen molar-refractivity contribution in [3.05, 3.63) is 12.7 Å². The third-order valence-electron chi connectivity index (χ3n) is 11.9. The number of hydrogen-bond acceptors (Lipinski definition) is 1. The fourth-order valence-electron chi connectivity index (χ4n) is 10.2. The third-order valence-corrected chi connectivity index (χ3v) is 11.9. The summed E-state index contributed by atoms with van der Waals surface area (Å²) >= 11 is 0. The molecule has 29 heavy (non-hydrogen) atoms. The molecular weight excluding hydrogens is 352 g/mol. The maximum atomic E-state index is 9.06. The standard InChI is InChI=1S/C25H42.C3H4O/c1-17-7-6-14-23(2)21(17)13-15-24(3)22-11-10-18-8-5-9-19(18)20(22)12-16-25(23,24)4;1-2-3-4/h17-22H,5-16H2,1-4H3;2-3H,1H2. The molecule has 5 saturated carbocycles. The summed E-state index contributed by atoms with van der Waals surface area (Å²) in [5.41, 5.74) is 1.85. The molecule has 1 heteroatoms. The van der Waals surface area contributed by atoms with E-state index in [0.717, 1.165) is 35.5 Å². The van der Waals surface area contributed by atoms with Crippen LogP contribution in [0, 0.1) is 51.8 Å². The first-order chi connectivity index (χ1) is 13.8. The van der Waals surface area contributed by atoms with Crippen LogP contribution >= 0.6 is 0 Å². The second kappa shape index (κ2) is 7.83. The van der Waals surface area contributed by atoms with Crippen LogP contribution < -0.4 is 0 Å². The van der Waals surface area contributed by atoms with Crippen LogP contribution in [0.2, 0.25) is 0 Å². The Morgan fingerprint density at radius 3 is 2.21 bits per heavy atom. The van der Waals surface area contributed by atoms with Gasteiger partial charge in [-0.25, -0.2) is 0 Å². The largest absolute Gasteiger partial charge is 0.299 e. The summed E-state index contributed by atoms with van der Waals surface area (Å²) in [6, 6.07) is 0. The Labute approximate surface area is 180 Å². The minimum Gasteiger partial charge on any atom is -0.299 e. The molecule has 0 heterocycles. The van der Waals surface area contributed by atoms with Crippen molar-refractivity contribution in [1.29, 1.82) is 0 Å². The first-order valence-corrected chi connectivity index (χ1v) is 12.9. The van der Waals surface area contributed by atoms with Crippen LogP contribution in [0.3, 0.4) is 0 Å². The lowest BCUT2D eigenvalue weighted by molar-refractivity contribution is -0.232. The summed E-state index contributed by atoms with van der Waals surface area (Å²) in [6.07, 6.45) is 20.4. The number of aldehydes is 1. The average molecular weight is 399 g/mol. The van der Waals surface area contributed by atoms with Crippen LogP contribution in [0.4, 0.5) is 0 Å². The monoisotopic (exact) mass is 398 g/mol. The van der Waals surface area contributed by atoms with Crippen molar-refractivity contribution >= 4 is 6.29 Å². The Bertz CT molecular complexity index is 618. The molecule has 0 aliphatic heterocycles. The minimum absolute atomic E-state index is 0.601. The lowest BCUT2D eigenvalue weighted by atomic mass is 9.33. The number of allylic oxidation sites excluding steroid dienone is 1. The van der Waals surface area contributed by atoms with Gasteiger partial charge in [0.15, 0.2) is 0 Å². The maximum Gasteiger partial charge on any atom is 0.142 e. The molecule has 5 aliphatic rings. The van der Waals surface area contributed by atoms with Gasteiger partial charge in [-0.2, -0.15) is 0 Å². The molecule has 1 nitrogen and oxygen atoms in total. The van der Waals surface area contributed by atoms with Crippen molar-refractivity contribution in [2.75, 3.05) is 0 Å². The number of carbonyl (C=O) groups excluding carboxylic acids is 1. The van der Waals surface area contributed by atoms with Crippen molar-refractivity contribution in [3.8, 4) is 0 Å². The van der Waals surface area contributed by atoms with E-state index in [1.165, 1.54) is 25.3 Å². The van der Waals surface area contributed by atoms with Crippen LogP contribution in [0.15, 0.2) is 12.7 Å². The van der Waals surface area contributed by atoms with Crippen LogP contribution in [0.5, 0.6) is 0 Å². The van der Waals surface area contributed by atoms with Crippen molar-refractivity contribution in [1.82, 2.24) is 0 Å². The predicted octanol–water partition coefficient (Wildman–Crippen LogP) is 7.84. The summed E-state index contributed by atoms with van der Waals surface area (Å²) in [4.78, 5) is 9.06. The highest BCUT2D eigenvalue weighted by Gasteiger charge is 2.67. The third kappa shape index (κ3) is 3.03. The van der Waals surface area contributed by atoms with E-state index in [4.69, 9.17) is 4.79 Å². The molecular formula is C28H46O. The topological polar surface area (TPSA) is 17.1 Å². The van der Waals surface area contributed by atoms with Gasteiger partial charge in [0.05, 0.1) is 0 Å². The molecule has 5 aliphatic carbocycles. The van der Waals surface area contributed by atoms with E-state index < -0.39 is 0 Å². The van der Waals surface area contributed by atoms with Gasteiger partial charge in [0.1, 0.15) is 6.29 Å². The summed E-state index contributed by atoms with van der Waals surface area (Å²) in [5.74, 6) is 6.38. The molecule has 9 unspecified atom stereocenters. The van der Waals surface area contributed by atoms with Gasteiger partial charge in [-0.05, 0) is 109 Å². The second-order valence-electron chi connectivity index (χ2n) is 12.3. The SMILES string of the molecule is C=CC=O.CC1CCCC2(C)C1CCC1(C)C3CCC4CCCC4C3CCC21C. The second-order valence-corrected chi connectivity index (χ2v) is 12.3. The molecule has 0 amide bonds. The van der Waals surface area contributed by atoms with E-state index in [1.54, 1.807) is 57.8 Å². The molecule has 164 valence electrons. The Morgan fingerprint density at radius 2 is 1.48 bits per heavy atom. The minimum atomic E-state index is 0.601. The number of rotatable bonds is 1. The van der Waals surface area contributed by atoms with Gasteiger partial charge in [-0.1, -0.05) is 60.0 Å². The number of carbonyl (C=O) groups is 1. The van der Waals surface area contributed by atoms with Gasteiger partial charge in [0.25, 0.3) is 0 Å². The van der Waals surface area contributed by atoms with E-state index in [-0.39, 0.29) is 0 Å². The van der Waals surface area contributed by atoms with Gasteiger partial charge < -0.3 is 0 Å². The Morgan fingerprint density at radius 1 is 0.759 bits per heavy atom. The molecule has 0 saturated heterocycles. The van der Waals surface area contributed by atoms with E-state index in [2.05, 4.69) is 34.3 Å². The van der Waals surface area contributed by atoms with Crippen LogP contribution in [0.1, 0.15) is 105 Å². The van der Waals surface area contributed by atoms with Crippen molar-refractivity contribution in [2.45, 2.75) is 105 Å². The van der Waals surface area contributed by atoms with E-state index >= 15 is 0 Å². The highest BCUT2D eigenvalue weighted by atomic mass is 16.1. The normalized spacial score (nSPS) is 53.2. The molecule has 0 radical (unpaired) electrons. The smallest absolute Gasteiger partial charge is 0.142 e. The van der Waals surface area contributed by atoms with E-state index in [9.17, 15) is 0 Å². The number of fused-ring (bicyclic) bond motifs is 7. The zero-order valence-corrected chi connectivity index (χ0v) is 19.7. The quantitative estimate of drug-likeness (QED) is 0.325. The summed E-state index contributed by atoms with van der Waals surface area (Å²) < 4.78 is 0. The molecule has 5 fully saturated rings. The van der Waals surface area contributed by atoms with Gasteiger partial charge in [-0.15, -0.1) is 0 Å². The molecule has 0 aromatic rings. The fourth-order valence-corrected chi connectivity index (χ4v) is 10.2. The first kappa shape index (κ1) is 21.6. The van der Waals surface area contributed by atoms with Gasteiger partial charge in [-0.3, -0.25) is 4.79 Å². The zero-order valence-electron chi connectivity index (χ0n) is 19.7. The van der Waals surface area contributed by atoms with Crippen molar-refractivity contribution in [3.63, 3.8) is 0 Å². The maximum absolute atomic E-state index is 9.06. The zero-order chi connectivity index (χ0) is 20.9. The molecule has 9 atom stereocenters. The lowest BCUT2D eigenvalue weighted by Gasteiger charge is -2.72. The number of hydrogen-bond donors (Lipinski definition) is 0. The van der Waals surface area contributed by atoms with Gasteiger partial charge >= 0.3 is 0 Å². The van der Waals surface area contributed by atoms with E-state index in [1.807, 2.05) is 0 Å². The Kier molecular flexibility index (Phi) is 5.84. The first-order valence-electron chi connectivity index (χ1n) is 12.9. The van der Waals surface area contributed by atoms with Crippen LogP contribution in [-0.2, 0) is 4.79 Å². The highest BCUT2D eigenvalue weighted by Crippen LogP contribution is 2.75. The summed E-state index contributed by atoms with van der Waals surface area (Å²) in [6.45, 7) is 14.0. The predicted molar refractivity (Wildman–Crippen MR) is 123 cm³/mol. The average Bonchev–Trinajstić information content (AvgIpc) is 3.19. The fraction of sp³-hybridized carbons (Fsp3) is 0.893. The molecule has 0 aromatic carbocycles. The van der Waals surface area contributed by atoms with Gasteiger partial charge in [0, 0.05) is 0 Å². The van der Waals surface area contributed by atoms with Crippen molar-refractivity contribution < 1.29 is 4.79 Å². The molecule has 5 rings (SSSR count). The summed E-state index contributed by atoms with van der Waals surface area (Å²) in [5, 5.41) is 0. The molecule has 0 aromatic heterocycles. The summed E-state index contributed by atoms with van der Waals surface area (Å²) in [7, 11) is 0. The van der Waals surface area contributed by atoms with E-state index in [0.29, 0.717) is 22.5 Å². The molecule has 0 bridgehead atoms. The van der Waals surface area contributed by atoms with Crippen molar-refractivity contribution in [2.24, 2.45) is 51.8 Å². The Hall–Kier alpha value is -0.590. The molecule has 0 spiro atoms. The highest BCUT2D eigenvalue weighted by molar-refractivity contribution is 5.63.